The van der Waals surface area contributed by atoms with Gasteiger partial charge in [-0.1, -0.05) is 13.3 Å². The number of amides is 3. The minimum atomic E-state index is 0.0705. The molecule has 3 N–H and O–H groups in total. The summed E-state index contributed by atoms with van der Waals surface area (Å²) in [5.74, 6) is 0.597. The van der Waals surface area contributed by atoms with Crippen molar-refractivity contribution in [3.8, 4) is 0 Å². The zero-order valence-electron chi connectivity index (χ0n) is 14.9. The molecule has 1 saturated carbocycles. The Morgan fingerprint density at radius 1 is 1.21 bits per heavy atom. The predicted octanol–water partition coefficient (Wildman–Crippen LogP) is 1.61. The Labute approximate surface area is 145 Å². The SMILES string of the molecule is CCCCN(C(=O)N[C@@H]1CCC(=O)N[C@H]1C1CCNCC1)C1CC1. The maximum atomic E-state index is 12.8. The Hall–Kier alpha value is -1.30. The van der Waals surface area contributed by atoms with Gasteiger partial charge in [-0.15, -0.1) is 0 Å². The largest absolute Gasteiger partial charge is 0.351 e. The van der Waals surface area contributed by atoms with Crippen LogP contribution in [0.2, 0.25) is 0 Å². The van der Waals surface area contributed by atoms with Crippen molar-refractivity contribution in [2.75, 3.05) is 19.6 Å². The zero-order chi connectivity index (χ0) is 16.9. The molecule has 0 spiro atoms. The monoisotopic (exact) mass is 336 g/mol. The number of unbranched alkanes of at least 4 members (excludes halogenated alkanes) is 1. The molecule has 24 heavy (non-hydrogen) atoms. The Morgan fingerprint density at radius 2 is 1.96 bits per heavy atom. The first kappa shape index (κ1) is 17.5. The molecule has 0 unspecified atom stereocenters. The Bertz CT molecular complexity index is 446. The van der Waals surface area contributed by atoms with Gasteiger partial charge in [-0.2, -0.15) is 0 Å². The number of nitrogens with zero attached hydrogens (tertiary/aromatic N) is 1. The molecule has 3 fully saturated rings. The van der Waals surface area contributed by atoms with E-state index in [0.29, 0.717) is 18.4 Å². The van der Waals surface area contributed by atoms with E-state index in [4.69, 9.17) is 0 Å². The highest BCUT2D eigenvalue weighted by Gasteiger charge is 2.38. The van der Waals surface area contributed by atoms with Crippen LogP contribution in [0, 0.1) is 5.92 Å². The summed E-state index contributed by atoms with van der Waals surface area (Å²) in [6.07, 6.45) is 7.85. The molecule has 136 valence electrons. The van der Waals surface area contributed by atoms with Crippen LogP contribution in [-0.2, 0) is 4.79 Å². The van der Waals surface area contributed by atoms with Crippen molar-refractivity contribution in [3.63, 3.8) is 0 Å². The second-order valence-corrected chi connectivity index (χ2v) is 7.55. The van der Waals surface area contributed by atoms with Crippen LogP contribution in [0.3, 0.4) is 0 Å². The summed E-state index contributed by atoms with van der Waals surface area (Å²) in [7, 11) is 0. The second kappa shape index (κ2) is 8.19. The zero-order valence-corrected chi connectivity index (χ0v) is 14.9. The number of urea groups is 1. The van der Waals surface area contributed by atoms with Gasteiger partial charge >= 0.3 is 6.03 Å². The molecule has 0 bridgehead atoms. The van der Waals surface area contributed by atoms with Gasteiger partial charge in [-0.25, -0.2) is 4.79 Å². The topological polar surface area (TPSA) is 73.5 Å². The van der Waals surface area contributed by atoms with Crippen molar-refractivity contribution in [2.24, 2.45) is 5.92 Å². The molecular weight excluding hydrogens is 304 g/mol. The lowest BCUT2D eigenvalue weighted by Crippen LogP contribution is -2.61. The number of carbonyl (C=O) groups excluding carboxylic acids is 2. The summed E-state index contributed by atoms with van der Waals surface area (Å²) in [6, 6.07) is 0.670. The number of rotatable bonds is 6. The average Bonchev–Trinajstić information content (AvgIpc) is 3.42. The number of nitrogens with one attached hydrogen (secondary N) is 3. The van der Waals surface area contributed by atoms with Crippen molar-refractivity contribution >= 4 is 11.9 Å². The van der Waals surface area contributed by atoms with Gasteiger partial charge in [0.2, 0.25) is 5.91 Å². The molecule has 0 aromatic heterocycles. The summed E-state index contributed by atoms with van der Waals surface area (Å²) < 4.78 is 0. The highest BCUT2D eigenvalue weighted by Crippen LogP contribution is 2.28. The summed E-state index contributed by atoms with van der Waals surface area (Å²) >= 11 is 0. The normalized spacial score (nSPS) is 28.3. The van der Waals surface area contributed by atoms with E-state index in [-0.39, 0.29) is 24.0 Å². The van der Waals surface area contributed by atoms with E-state index in [1.54, 1.807) is 0 Å². The van der Waals surface area contributed by atoms with E-state index in [9.17, 15) is 9.59 Å². The molecule has 0 radical (unpaired) electrons. The Balaban J connectivity index is 1.61. The molecule has 3 amide bonds. The number of carbonyl (C=O) groups is 2. The number of hydrogen-bond donors (Lipinski definition) is 3. The lowest BCUT2D eigenvalue weighted by atomic mass is 9.82. The van der Waals surface area contributed by atoms with Crippen LogP contribution in [0.25, 0.3) is 0 Å². The standard InChI is InChI=1S/C18H32N4O2/c1-2-3-12-22(14-4-5-14)18(24)20-15-6-7-16(23)21-17(15)13-8-10-19-11-9-13/h13-15,17,19H,2-12H2,1H3,(H,20,24)(H,21,23)/t15-,17+/m1/s1. The summed E-state index contributed by atoms with van der Waals surface area (Å²) in [4.78, 5) is 26.7. The van der Waals surface area contributed by atoms with E-state index < -0.39 is 0 Å². The third-order valence-electron chi connectivity index (χ3n) is 5.65. The Morgan fingerprint density at radius 3 is 2.62 bits per heavy atom. The Kier molecular flexibility index (Phi) is 5.98. The van der Waals surface area contributed by atoms with Gasteiger partial charge in [-0.3, -0.25) is 4.79 Å². The van der Waals surface area contributed by atoms with Crippen LogP contribution < -0.4 is 16.0 Å². The average molecular weight is 336 g/mol. The molecule has 2 saturated heterocycles. The first-order valence-electron chi connectivity index (χ1n) is 9.76. The highest BCUT2D eigenvalue weighted by atomic mass is 16.2. The van der Waals surface area contributed by atoms with Gasteiger partial charge in [0.25, 0.3) is 0 Å². The van der Waals surface area contributed by atoms with Gasteiger partial charge in [0.15, 0.2) is 0 Å². The molecule has 2 aliphatic heterocycles. The van der Waals surface area contributed by atoms with E-state index in [0.717, 1.165) is 64.6 Å². The molecule has 3 rings (SSSR count). The quantitative estimate of drug-likeness (QED) is 0.690. The minimum absolute atomic E-state index is 0.0705. The van der Waals surface area contributed by atoms with Crippen molar-refractivity contribution in [3.05, 3.63) is 0 Å². The molecule has 6 heteroatoms. The van der Waals surface area contributed by atoms with Gasteiger partial charge < -0.3 is 20.9 Å². The first-order chi connectivity index (χ1) is 11.7. The maximum Gasteiger partial charge on any atom is 0.317 e. The predicted molar refractivity (Wildman–Crippen MR) is 93.7 cm³/mol. The third-order valence-corrected chi connectivity index (χ3v) is 5.65. The van der Waals surface area contributed by atoms with Crippen molar-refractivity contribution in [1.29, 1.82) is 0 Å². The van der Waals surface area contributed by atoms with Crippen LogP contribution in [0.4, 0.5) is 4.79 Å². The first-order valence-corrected chi connectivity index (χ1v) is 9.76. The lowest BCUT2D eigenvalue weighted by molar-refractivity contribution is -0.124. The highest BCUT2D eigenvalue weighted by molar-refractivity contribution is 5.79. The van der Waals surface area contributed by atoms with E-state index >= 15 is 0 Å². The van der Waals surface area contributed by atoms with Crippen molar-refractivity contribution in [1.82, 2.24) is 20.9 Å². The van der Waals surface area contributed by atoms with Crippen molar-refractivity contribution in [2.45, 2.75) is 76.4 Å². The molecule has 2 atom stereocenters. The van der Waals surface area contributed by atoms with Gasteiger partial charge in [-0.05, 0) is 57.5 Å². The van der Waals surface area contributed by atoms with E-state index in [2.05, 4.69) is 22.9 Å². The molecule has 0 aromatic rings. The third kappa shape index (κ3) is 4.41. The molecule has 3 aliphatic rings. The molecular formula is C18H32N4O2. The van der Waals surface area contributed by atoms with Crippen LogP contribution in [0.15, 0.2) is 0 Å². The molecule has 0 aromatic carbocycles. The number of hydrogen-bond acceptors (Lipinski definition) is 3. The summed E-state index contributed by atoms with van der Waals surface area (Å²) in [5, 5.41) is 9.81. The van der Waals surface area contributed by atoms with E-state index in [1.807, 2.05) is 4.90 Å². The maximum absolute atomic E-state index is 12.8. The van der Waals surface area contributed by atoms with Crippen LogP contribution in [-0.4, -0.2) is 54.6 Å². The van der Waals surface area contributed by atoms with Crippen molar-refractivity contribution < 1.29 is 9.59 Å². The fraction of sp³-hybridized carbons (Fsp3) is 0.889. The van der Waals surface area contributed by atoms with Crippen LogP contribution in [0.5, 0.6) is 0 Å². The second-order valence-electron chi connectivity index (χ2n) is 7.55. The fourth-order valence-electron chi connectivity index (χ4n) is 4.04. The van der Waals surface area contributed by atoms with Gasteiger partial charge in [0, 0.05) is 19.0 Å². The van der Waals surface area contributed by atoms with Crippen LogP contribution >= 0.6 is 0 Å². The lowest BCUT2D eigenvalue weighted by Gasteiger charge is -2.40. The summed E-state index contributed by atoms with van der Waals surface area (Å²) in [5.41, 5.74) is 0. The smallest absolute Gasteiger partial charge is 0.317 e. The van der Waals surface area contributed by atoms with Gasteiger partial charge in [0.1, 0.15) is 0 Å². The van der Waals surface area contributed by atoms with E-state index in [1.165, 1.54) is 0 Å². The van der Waals surface area contributed by atoms with Gasteiger partial charge in [0.05, 0.1) is 12.1 Å². The minimum Gasteiger partial charge on any atom is -0.351 e. The molecule has 6 nitrogen and oxygen atoms in total. The fourth-order valence-corrected chi connectivity index (χ4v) is 4.04. The molecule has 2 heterocycles. The number of piperidine rings is 2. The summed E-state index contributed by atoms with van der Waals surface area (Å²) in [6.45, 7) is 5.02. The van der Waals surface area contributed by atoms with Crippen LogP contribution in [0.1, 0.15) is 58.3 Å². The molecule has 1 aliphatic carbocycles.